The van der Waals surface area contributed by atoms with Gasteiger partial charge < -0.3 is 19.7 Å². The summed E-state index contributed by atoms with van der Waals surface area (Å²) in [5, 5.41) is 2.85. The van der Waals surface area contributed by atoms with Crippen molar-refractivity contribution in [3.05, 3.63) is 23.2 Å². The summed E-state index contributed by atoms with van der Waals surface area (Å²) in [6.07, 6.45) is 0.892. The number of ether oxygens (including phenoxy) is 2. The van der Waals surface area contributed by atoms with E-state index in [1.165, 1.54) is 21.3 Å². The van der Waals surface area contributed by atoms with Gasteiger partial charge in [-0.3, -0.25) is 4.79 Å². The first kappa shape index (κ1) is 22.8. The summed E-state index contributed by atoms with van der Waals surface area (Å²) in [6.45, 7) is 3.97. The number of halogens is 1. The lowest BCUT2D eigenvalue weighted by molar-refractivity contribution is -0.121. The van der Waals surface area contributed by atoms with Crippen LogP contribution in [-0.2, 0) is 24.3 Å². The SMILES string of the molecule is CCOC(=O)N1CCC[C@H](C(=O)Nc2ccc(Cl)c(S(=O)(=O)N3CCOCC3)c2)C1. The van der Waals surface area contributed by atoms with Crippen LogP contribution in [0.2, 0.25) is 5.02 Å². The average Bonchev–Trinajstić information content (AvgIpc) is 2.76. The summed E-state index contributed by atoms with van der Waals surface area (Å²) < 4.78 is 37.4. The average molecular weight is 460 g/mol. The Hall–Kier alpha value is -1.88. The molecule has 1 aromatic rings. The molecule has 0 saturated carbocycles. The Morgan fingerprint density at radius 3 is 2.70 bits per heavy atom. The Bertz CT molecular complexity index is 888. The maximum Gasteiger partial charge on any atom is 0.409 e. The van der Waals surface area contributed by atoms with Crippen LogP contribution in [0.1, 0.15) is 19.8 Å². The minimum Gasteiger partial charge on any atom is -0.450 e. The quantitative estimate of drug-likeness (QED) is 0.723. The highest BCUT2D eigenvalue weighted by Crippen LogP contribution is 2.29. The Kier molecular flexibility index (Phi) is 7.56. The van der Waals surface area contributed by atoms with Crippen molar-refractivity contribution < 1.29 is 27.5 Å². The van der Waals surface area contributed by atoms with Gasteiger partial charge >= 0.3 is 6.09 Å². The molecule has 0 aromatic heterocycles. The molecule has 3 rings (SSSR count). The van der Waals surface area contributed by atoms with Gasteiger partial charge in [0, 0.05) is 31.9 Å². The van der Waals surface area contributed by atoms with Gasteiger partial charge in [-0.25, -0.2) is 13.2 Å². The molecular formula is C19H26ClN3O6S. The molecule has 1 N–H and O–H groups in total. The van der Waals surface area contributed by atoms with Gasteiger partial charge in [0.1, 0.15) is 4.90 Å². The highest BCUT2D eigenvalue weighted by Gasteiger charge is 2.31. The number of carbonyl (C=O) groups is 2. The second kappa shape index (κ2) is 9.95. The largest absolute Gasteiger partial charge is 0.450 e. The van der Waals surface area contributed by atoms with E-state index in [0.717, 1.165) is 0 Å². The molecular weight excluding hydrogens is 434 g/mol. The molecule has 30 heavy (non-hydrogen) atoms. The van der Waals surface area contributed by atoms with Crippen LogP contribution in [0.4, 0.5) is 10.5 Å². The summed E-state index contributed by atoms with van der Waals surface area (Å²) in [6, 6.07) is 4.39. The van der Waals surface area contributed by atoms with E-state index in [1.807, 2.05) is 0 Å². The molecule has 0 unspecified atom stereocenters. The summed E-state index contributed by atoms with van der Waals surface area (Å²) in [5.74, 6) is -0.681. The first-order valence-corrected chi connectivity index (χ1v) is 11.7. The van der Waals surface area contributed by atoms with Gasteiger partial charge in [-0.1, -0.05) is 11.6 Å². The number of amides is 2. The van der Waals surface area contributed by atoms with Crippen LogP contribution in [0.5, 0.6) is 0 Å². The molecule has 1 atom stereocenters. The van der Waals surface area contributed by atoms with Gasteiger partial charge in [-0.15, -0.1) is 0 Å². The van der Waals surface area contributed by atoms with Crippen LogP contribution in [0, 0.1) is 5.92 Å². The normalized spacial score (nSPS) is 20.6. The van der Waals surface area contributed by atoms with Gasteiger partial charge in [0.25, 0.3) is 0 Å². The Morgan fingerprint density at radius 2 is 2.00 bits per heavy atom. The number of benzene rings is 1. The van der Waals surface area contributed by atoms with E-state index in [0.29, 0.717) is 38.3 Å². The van der Waals surface area contributed by atoms with Gasteiger partial charge in [0.05, 0.1) is 30.8 Å². The van der Waals surface area contributed by atoms with Crippen LogP contribution < -0.4 is 5.32 Å². The number of morpholine rings is 1. The van der Waals surface area contributed by atoms with Crippen LogP contribution in [-0.4, -0.2) is 75.6 Å². The van der Waals surface area contributed by atoms with Crippen molar-refractivity contribution >= 4 is 39.3 Å². The van der Waals surface area contributed by atoms with Gasteiger partial charge in [0.2, 0.25) is 15.9 Å². The lowest BCUT2D eigenvalue weighted by Gasteiger charge is -2.31. The predicted octanol–water partition coefficient (Wildman–Crippen LogP) is 2.17. The molecule has 2 amide bonds. The van der Waals surface area contributed by atoms with Crippen molar-refractivity contribution in [2.75, 3.05) is 51.3 Å². The highest BCUT2D eigenvalue weighted by atomic mass is 35.5. The molecule has 2 saturated heterocycles. The smallest absolute Gasteiger partial charge is 0.409 e. The third kappa shape index (κ3) is 5.23. The van der Waals surface area contributed by atoms with E-state index < -0.39 is 22.0 Å². The number of rotatable bonds is 5. The number of sulfonamides is 1. The monoisotopic (exact) mass is 459 g/mol. The number of carbonyl (C=O) groups excluding carboxylic acids is 2. The van der Waals surface area contributed by atoms with E-state index >= 15 is 0 Å². The first-order chi connectivity index (χ1) is 14.3. The van der Waals surface area contributed by atoms with Crippen LogP contribution in [0.15, 0.2) is 23.1 Å². The van der Waals surface area contributed by atoms with E-state index in [1.54, 1.807) is 13.0 Å². The second-order valence-corrected chi connectivity index (χ2v) is 9.45. The fourth-order valence-electron chi connectivity index (χ4n) is 3.52. The van der Waals surface area contributed by atoms with E-state index in [4.69, 9.17) is 21.1 Å². The highest BCUT2D eigenvalue weighted by molar-refractivity contribution is 7.89. The third-order valence-electron chi connectivity index (χ3n) is 5.10. The summed E-state index contributed by atoms with van der Waals surface area (Å²) in [7, 11) is -3.80. The maximum atomic E-state index is 12.9. The Morgan fingerprint density at radius 1 is 1.27 bits per heavy atom. The molecule has 2 fully saturated rings. The summed E-state index contributed by atoms with van der Waals surface area (Å²) >= 11 is 6.16. The van der Waals surface area contributed by atoms with Crippen molar-refractivity contribution in [1.29, 1.82) is 0 Å². The molecule has 2 heterocycles. The minimum atomic E-state index is -3.80. The molecule has 0 spiro atoms. The van der Waals surface area contributed by atoms with Gasteiger partial charge in [0.15, 0.2) is 0 Å². The molecule has 9 nitrogen and oxygen atoms in total. The fourth-order valence-corrected chi connectivity index (χ4v) is 5.43. The van der Waals surface area contributed by atoms with Crippen LogP contribution in [0.3, 0.4) is 0 Å². The number of anilines is 1. The molecule has 0 aliphatic carbocycles. The number of nitrogens with zero attached hydrogens (tertiary/aromatic N) is 2. The van der Waals surface area contributed by atoms with Gasteiger partial charge in [-0.2, -0.15) is 4.31 Å². The number of hydrogen-bond donors (Lipinski definition) is 1. The van der Waals surface area contributed by atoms with Crippen molar-refractivity contribution in [3.8, 4) is 0 Å². The van der Waals surface area contributed by atoms with Gasteiger partial charge in [-0.05, 0) is 38.0 Å². The third-order valence-corrected chi connectivity index (χ3v) is 7.49. The predicted molar refractivity (Wildman–Crippen MR) is 111 cm³/mol. The van der Waals surface area contributed by atoms with Crippen molar-refractivity contribution in [2.45, 2.75) is 24.7 Å². The lowest BCUT2D eigenvalue weighted by Crippen LogP contribution is -2.44. The van der Waals surface area contributed by atoms with Crippen molar-refractivity contribution in [1.82, 2.24) is 9.21 Å². The molecule has 166 valence electrons. The topological polar surface area (TPSA) is 105 Å². The zero-order valence-corrected chi connectivity index (χ0v) is 18.4. The van der Waals surface area contributed by atoms with E-state index in [-0.39, 0.29) is 42.1 Å². The molecule has 11 heteroatoms. The van der Waals surface area contributed by atoms with E-state index in [9.17, 15) is 18.0 Å². The molecule has 0 bridgehead atoms. The van der Waals surface area contributed by atoms with Crippen LogP contribution in [0.25, 0.3) is 0 Å². The molecule has 1 aromatic carbocycles. The fraction of sp³-hybridized carbons (Fsp3) is 0.579. The summed E-state index contributed by atoms with van der Waals surface area (Å²) in [5.41, 5.74) is 0.337. The zero-order valence-electron chi connectivity index (χ0n) is 16.8. The standard InChI is InChI=1S/C19H26ClN3O6S/c1-2-29-19(25)22-7-3-4-14(13-22)18(24)21-15-5-6-16(20)17(12-15)30(26,27)23-8-10-28-11-9-23/h5-6,12,14H,2-4,7-11,13H2,1H3,(H,21,24)/t14-/m0/s1. The Labute approximate surface area is 181 Å². The molecule has 2 aliphatic heterocycles. The minimum absolute atomic E-state index is 0.0549. The first-order valence-electron chi connectivity index (χ1n) is 9.93. The van der Waals surface area contributed by atoms with Crippen molar-refractivity contribution in [2.24, 2.45) is 5.92 Å². The Balaban J connectivity index is 1.72. The lowest BCUT2D eigenvalue weighted by atomic mass is 9.97. The summed E-state index contributed by atoms with van der Waals surface area (Å²) in [4.78, 5) is 26.2. The molecule has 2 aliphatic rings. The van der Waals surface area contributed by atoms with Crippen LogP contribution >= 0.6 is 11.6 Å². The van der Waals surface area contributed by atoms with E-state index in [2.05, 4.69) is 5.32 Å². The number of nitrogens with one attached hydrogen (secondary N) is 1. The number of hydrogen-bond acceptors (Lipinski definition) is 6. The van der Waals surface area contributed by atoms with Crippen molar-refractivity contribution in [3.63, 3.8) is 0 Å². The maximum absolute atomic E-state index is 12.9. The zero-order chi connectivity index (χ0) is 21.7. The molecule has 0 radical (unpaired) electrons. The number of likely N-dealkylation sites (tertiary alicyclic amines) is 1. The number of piperidine rings is 1. The second-order valence-electron chi connectivity index (χ2n) is 7.13.